The number of benzene rings is 2. The molecule has 0 saturated heterocycles. The molecule has 3 rings (SSSR count). The smallest absolute Gasteiger partial charge is 0.171 e. The van der Waals surface area contributed by atoms with E-state index in [1.807, 2.05) is 30.3 Å². The Morgan fingerprint density at radius 1 is 1.12 bits per heavy atom. The van der Waals surface area contributed by atoms with Gasteiger partial charge in [0.15, 0.2) is 15.6 Å². The zero-order chi connectivity index (χ0) is 18.7. The van der Waals surface area contributed by atoms with Crippen LogP contribution in [0.3, 0.4) is 0 Å². The van der Waals surface area contributed by atoms with Crippen molar-refractivity contribution in [3.05, 3.63) is 75.9 Å². The first kappa shape index (κ1) is 18.8. The molecular weight excluding hydrogens is 418 g/mol. The van der Waals surface area contributed by atoms with E-state index in [2.05, 4.69) is 21.1 Å². The molecule has 7 heteroatoms. The minimum atomic E-state index is -3.67. The van der Waals surface area contributed by atoms with Crippen molar-refractivity contribution < 1.29 is 18.0 Å². The van der Waals surface area contributed by atoms with Gasteiger partial charge in [-0.15, -0.1) is 0 Å². The van der Waals surface area contributed by atoms with Gasteiger partial charge in [-0.05, 0) is 24.6 Å². The molecular formula is C19H18BrNO4S. The van der Waals surface area contributed by atoms with Gasteiger partial charge in [-0.1, -0.05) is 63.6 Å². The van der Waals surface area contributed by atoms with Crippen LogP contribution in [-0.2, 0) is 15.6 Å². The monoisotopic (exact) mass is 435 g/mol. The molecule has 0 radical (unpaired) electrons. The van der Waals surface area contributed by atoms with Gasteiger partial charge in [0, 0.05) is 15.6 Å². The predicted octanol–water partition coefficient (Wildman–Crippen LogP) is 4.06. The van der Waals surface area contributed by atoms with Crippen LogP contribution in [0, 0.1) is 6.92 Å². The second-order valence-corrected chi connectivity index (χ2v) is 9.08. The number of nitrogens with zero attached hydrogens (tertiary/aromatic N) is 1. The third kappa shape index (κ3) is 3.90. The van der Waals surface area contributed by atoms with Crippen molar-refractivity contribution in [2.24, 2.45) is 0 Å². The number of rotatable bonds is 6. The average molecular weight is 436 g/mol. The summed E-state index contributed by atoms with van der Waals surface area (Å²) in [7, 11) is -3.67. The van der Waals surface area contributed by atoms with Gasteiger partial charge in [0.05, 0.1) is 18.1 Å². The normalized spacial score (nSPS) is 12.9. The molecule has 0 fully saturated rings. The summed E-state index contributed by atoms with van der Waals surface area (Å²) in [5, 5.41) is 12.7. The summed E-state index contributed by atoms with van der Waals surface area (Å²) in [5.41, 5.74) is 2.24. The highest BCUT2D eigenvalue weighted by Gasteiger charge is 2.33. The van der Waals surface area contributed by atoms with Gasteiger partial charge in [-0.25, -0.2) is 8.42 Å². The molecule has 5 nitrogen and oxygen atoms in total. The Morgan fingerprint density at radius 2 is 1.77 bits per heavy atom. The molecule has 3 aromatic rings. The minimum Gasteiger partial charge on any atom is -0.395 e. The molecule has 0 amide bonds. The highest BCUT2D eigenvalue weighted by Crippen LogP contribution is 2.36. The van der Waals surface area contributed by atoms with E-state index in [-0.39, 0.29) is 5.75 Å². The Labute approximate surface area is 160 Å². The number of hydrogen-bond donors (Lipinski definition) is 1. The summed E-state index contributed by atoms with van der Waals surface area (Å²) >= 11 is 3.37. The number of aromatic nitrogens is 1. The number of halogens is 1. The Morgan fingerprint density at radius 3 is 2.38 bits per heavy atom. The van der Waals surface area contributed by atoms with E-state index in [9.17, 15) is 13.5 Å². The Hall–Kier alpha value is -1.96. The molecule has 0 aliphatic rings. The summed E-state index contributed by atoms with van der Waals surface area (Å²) in [5.74, 6) is 0.203. The van der Waals surface area contributed by atoms with Crippen LogP contribution in [0.5, 0.6) is 0 Å². The maximum atomic E-state index is 13.0. The molecule has 1 heterocycles. The van der Waals surface area contributed by atoms with E-state index < -0.39 is 21.7 Å². The van der Waals surface area contributed by atoms with Crippen molar-refractivity contribution in [3.63, 3.8) is 0 Å². The Kier molecular flexibility index (Phi) is 5.60. The average Bonchev–Trinajstić information content (AvgIpc) is 2.98. The van der Waals surface area contributed by atoms with Crippen molar-refractivity contribution in [1.29, 1.82) is 0 Å². The Bertz CT molecular complexity index is 982. The maximum absolute atomic E-state index is 13.0. The second kappa shape index (κ2) is 7.73. The molecule has 1 unspecified atom stereocenters. The van der Waals surface area contributed by atoms with E-state index in [1.165, 1.54) is 0 Å². The predicted molar refractivity (Wildman–Crippen MR) is 103 cm³/mol. The number of sulfone groups is 1. The first-order valence-corrected chi connectivity index (χ1v) is 10.5. The van der Waals surface area contributed by atoms with Crippen LogP contribution in [0.1, 0.15) is 22.1 Å². The van der Waals surface area contributed by atoms with Gasteiger partial charge in [0.2, 0.25) is 0 Å². The van der Waals surface area contributed by atoms with Gasteiger partial charge in [0.25, 0.3) is 0 Å². The van der Waals surface area contributed by atoms with Crippen molar-refractivity contribution in [3.8, 4) is 11.3 Å². The van der Waals surface area contributed by atoms with Crippen LogP contribution in [-0.4, -0.2) is 25.3 Å². The summed E-state index contributed by atoms with van der Waals surface area (Å²) < 4.78 is 32.3. The van der Waals surface area contributed by atoms with E-state index in [1.54, 1.807) is 31.2 Å². The third-order valence-corrected chi connectivity index (χ3v) is 6.66. The van der Waals surface area contributed by atoms with Crippen molar-refractivity contribution >= 4 is 25.8 Å². The highest BCUT2D eigenvalue weighted by molar-refractivity contribution is 9.10. The molecule has 1 N–H and O–H groups in total. The Balaban J connectivity index is 2.03. The molecule has 2 aromatic carbocycles. The molecule has 0 saturated carbocycles. The first-order chi connectivity index (χ1) is 12.4. The fraction of sp³-hybridized carbons (Fsp3) is 0.211. The van der Waals surface area contributed by atoms with Crippen molar-refractivity contribution in [2.45, 2.75) is 17.9 Å². The molecule has 26 heavy (non-hydrogen) atoms. The molecule has 0 spiro atoms. The number of aliphatic hydroxyl groups is 1. The molecule has 1 aromatic heterocycles. The van der Waals surface area contributed by atoms with Gasteiger partial charge >= 0.3 is 0 Å². The zero-order valence-electron chi connectivity index (χ0n) is 14.1. The lowest BCUT2D eigenvalue weighted by Gasteiger charge is -2.16. The van der Waals surface area contributed by atoms with E-state index in [4.69, 9.17) is 4.52 Å². The van der Waals surface area contributed by atoms with Crippen LogP contribution in [0.15, 0.2) is 63.6 Å². The number of aliphatic hydroxyl groups excluding tert-OH is 1. The van der Waals surface area contributed by atoms with E-state index >= 15 is 0 Å². The van der Waals surface area contributed by atoms with Gasteiger partial charge < -0.3 is 9.63 Å². The molecule has 1 atom stereocenters. The van der Waals surface area contributed by atoms with Gasteiger partial charge in [0.1, 0.15) is 5.25 Å². The number of aryl methyl sites for hydroxylation is 1. The summed E-state index contributed by atoms with van der Waals surface area (Å²) in [6.45, 7) is 1.14. The minimum absolute atomic E-state index is 0.163. The first-order valence-electron chi connectivity index (χ1n) is 8.01. The third-order valence-electron chi connectivity index (χ3n) is 4.15. The van der Waals surface area contributed by atoms with E-state index in [0.29, 0.717) is 28.1 Å². The summed E-state index contributed by atoms with van der Waals surface area (Å²) in [6.07, 6.45) is 0. The van der Waals surface area contributed by atoms with Crippen LogP contribution in [0.25, 0.3) is 11.3 Å². The summed E-state index contributed by atoms with van der Waals surface area (Å²) in [6, 6.07) is 16.2. The summed E-state index contributed by atoms with van der Waals surface area (Å²) in [4.78, 5) is 0. The van der Waals surface area contributed by atoms with Crippen LogP contribution < -0.4 is 0 Å². The largest absolute Gasteiger partial charge is 0.395 e. The lowest BCUT2D eigenvalue weighted by molar-refractivity contribution is 0.291. The van der Waals surface area contributed by atoms with Crippen LogP contribution in [0.2, 0.25) is 0 Å². The van der Waals surface area contributed by atoms with Crippen molar-refractivity contribution in [1.82, 2.24) is 5.16 Å². The lowest BCUT2D eigenvalue weighted by Crippen LogP contribution is -2.20. The van der Waals surface area contributed by atoms with Gasteiger partial charge in [-0.3, -0.25) is 0 Å². The quantitative estimate of drug-likeness (QED) is 0.631. The maximum Gasteiger partial charge on any atom is 0.171 e. The standard InChI is InChI=1S/C19H18BrNO4S/c1-13-18(19(25-21-13)15-7-9-16(20)10-8-15)17(11-22)26(23,24)12-14-5-3-2-4-6-14/h2-10,17,22H,11-12H2,1H3. The highest BCUT2D eigenvalue weighted by atomic mass is 79.9. The molecule has 136 valence electrons. The molecule has 0 aliphatic heterocycles. The van der Waals surface area contributed by atoms with E-state index in [0.717, 1.165) is 4.47 Å². The fourth-order valence-electron chi connectivity index (χ4n) is 2.86. The van der Waals surface area contributed by atoms with Crippen molar-refractivity contribution in [2.75, 3.05) is 6.61 Å². The van der Waals surface area contributed by atoms with Crippen LogP contribution in [0.4, 0.5) is 0 Å². The number of hydrogen-bond acceptors (Lipinski definition) is 5. The lowest BCUT2D eigenvalue weighted by atomic mass is 10.0. The zero-order valence-corrected chi connectivity index (χ0v) is 16.5. The molecule has 0 bridgehead atoms. The van der Waals surface area contributed by atoms with Gasteiger partial charge in [-0.2, -0.15) is 0 Å². The SMILES string of the molecule is Cc1noc(-c2ccc(Br)cc2)c1C(CO)S(=O)(=O)Cc1ccccc1. The topological polar surface area (TPSA) is 80.4 Å². The molecule has 0 aliphatic carbocycles. The van der Waals surface area contributed by atoms with Crippen LogP contribution >= 0.6 is 15.9 Å². The fourth-order valence-corrected chi connectivity index (χ4v) is 4.84. The second-order valence-electron chi connectivity index (χ2n) is 5.98.